The molecule has 0 nitrogen and oxygen atoms in total. The van der Waals surface area contributed by atoms with Crippen LogP contribution in [0.2, 0.25) is 0 Å². The fourth-order valence-corrected chi connectivity index (χ4v) is 13.7. The van der Waals surface area contributed by atoms with Crippen LogP contribution >= 0.6 is 11.1 Å². The zero-order chi connectivity index (χ0) is 47.2. The van der Waals surface area contributed by atoms with Gasteiger partial charge in [0.25, 0.3) is 0 Å². The van der Waals surface area contributed by atoms with Crippen molar-refractivity contribution in [3.63, 3.8) is 0 Å². The average Bonchev–Trinajstić information content (AvgIpc) is 3.42. The molecule has 0 aliphatic carbocycles. The maximum absolute atomic E-state index is 9.10. The lowest BCUT2D eigenvalue weighted by atomic mass is 9.97. The summed E-state index contributed by atoms with van der Waals surface area (Å²) in [6.07, 6.45) is 5.97. The van der Waals surface area contributed by atoms with Gasteiger partial charge in [0, 0.05) is 0 Å². The fourth-order valence-electron chi connectivity index (χ4n) is 9.58. The Morgan fingerprint density at radius 2 is 0.368 bits per heavy atom. The van der Waals surface area contributed by atoms with E-state index in [2.05, 4.69) is 242 Å². The third-order valence-corrected chi connectivity index (χ3v) is 19.4. The minimum atomic E-state index is -3.50. The highest BCUT2D eigenvalue weighted by molar-refractivity contribution is 7.40. The molecule has 68 heavy (non-hydrogen) atoms. The monoisotopic (exact) mass is 918 g/mol. The maximum atomic E-state index is 9.10. The third-order valence-electron chi connectivity index (χ3n) is 14.2. The van der Waals surface area contributed by atoms with Crippen molar-refractivity contribution in [2.24, 2.45) is 0 Å². The van der Waals surface area contributed by atoms with E-state index in [0.717, 1.165) is 54.1 Å². The molecule has 0 amide bonds. The fraction of sp³-hybridized carbons (Fsp3) is 0.182. The Morgan fingerprint density at radius 1 is 0.221 bits per heavy atom. The van der Waals surface area contributed by atoms with Gasteiger partial charge in [0.1, 0.15) is 0 Å². The average molecular weight is 920 g/mol. The van der Waals surface area contributed by atoms with E-state index < -0.39 is 7.38 Å². The van der Waals surface area contributed by atoms with Crippen LogP contribution in [-0.2, 0) is 38.5 Å². The number of hydrogen-bond donors (Lipinski definition) is 0. The Bertz CT molecular complexity index is 2580. The van der Waals surface area contributed by atoms with E-state index in [1.807, 2.05) is 0 Å². The molecule has 0 saturated carbocycles. The lowest BCUT2D eigenvalue weighted by Crippen LogP contribution is -2.63. The van der Waals surface area contributed by atoms with E-state index in [9.17, 15) is 0 Å². The van der Waals surface area contributed by atoms with Crippen LogP contribution in [0.3, 0.4) is 0 Å². The van der Waals surface area contributed by atoms with E-state index in [0.29, 0.717) is 0 Å². The molecule has 9 aromatic carbocycles. The maximum Gasteiger partial charge on any atom is 0.248 e. The predicted octanol–water partition coefficient (Wildman–Crippen LogP) is 16.3. The first kappa shape index (κ1) is 46.6. The molecular weight excluding hydrogens is 856 g/mol. The largest absolute Gasteiger partial charge is 0.248 e. The van der Waals surface area contributed by atoms with Crippen molar-refractivity contribution in [3.05, 3.63) is 234 Å². The molecular formula is C66H63ClSi. The number of aryl methyl sites for hydroxylation is 6. The Balaban J connectivity index is 1.39. The van der Waals surface area contributed by atoms with Crippen LogP contribution in [0, 0.1) is 0 Å². The van der Waals surface area contributed by atoms with Gasteiger partial charge in [0.05, 0.1) is 0 Å². The summed E-state index contributed by atoms with van der Waals surface area (Å²) in [5.74, 6) is 0. The second-order valence-electron chi connectivity index (χ2n) is 18.4. The summed E-state index contributed by atoms with van der Waals surface area (Å²) in [4.78, 5) is 0. The van der Waals surface area contributed by atoms with Crippen LogP contribution in [0.5, 0.6) is 0 Å². The van der Waals surface area contributed by atoms with Gasteiger partial charge in [-0.3, -0.25) is 0 Å². The van der Waals surface area contributed by atoms with E-state index in [4.69, 9.17) is 11.1 Å². The van der Waals surface area contributed by atoms with Gasteiger partial charge in [0.2, 0.25) is 7.38 Å². The number of benzene rings is 9. The van der Waals surface area contributed by atoms with Crippen LogP contribution in [0.4, 0.5) is 0 Å². The molecule has 0 aliphatic heterocycles. The van der Waals surface area contributed by atoms with Gasteiger partial charge in [-0.1, -0.05) is 224 Å². The van der Waals surface area contributed by atoms with Crippen LogP contribution in [0.25, 0.3) is 66.8 Å². The first-order valence-electron chi connectivity index (χ1n) is 24.9. The van der Waals surface area contributed by atoms with Crippen LogP contribution in [-0.4, -0.2) is 7.38 Å². The van der Waals surface area contributed by atoms with Crippen molar-refractivity contribution in [1.82, 2.24) is 0 Å². The Morgan fingerprint density at radius 3 is 0.500 bits per heavy atom. The molecule has 0 spiro atoms. The predicted molar refractivity (Wildman–Crippen MR) is 299 cm³/mol. The molecule has 0 aromatic heterocycles. The first-order valence-corrected chi connectivity index (χ1v) is 27.9. The summed E-state index contributed by atoms with van der Waals surface area (Å²) < 4.78 is 0. The van der Waals surface area contributed by atoms with Gasteiger partial charge < -0.3 is 0 Å². The van der Waals surface area contributed by atoms with E-state index >= 15 is 0 Å². The number of hydrogen-bond acceptors (Lipinski definition) is 0. The van der Waals surface area contributed by atoms with Gasteiger partial charge in [-0.15, -0.1) is 11.1 Å². The van der Waals surface area contributed by atoms with E-state index in [1.165, 1.54) is 100 Å². The smallest absolute Gasteiger partial charge is 0.149 e. The van der Waals surface area contributed by atoms with Gasteiger partial charge in [-0.05, 0) is 172 Å². The summed E-state index contributed by atoms with van der Waals surface area (Å²) in [6, 6.07) is 76.4. The van der Waals surface area contributed by atoms with Crippen molar-refractivity contribution >= 4 is 34.0 Å². The Hall–Kier alpha value is -6.51. The second kappa shape index (κ2) is 20.8. The zero-order valence-corrected chi connectivity index (χ0v) is 42.4. The SMILES string of the molecule is CCc1ccc(-c2cc(-c3ccc(CC)cc3)cc([Si](Cl)(c3cc(-c4ccc(CC)cc4)cc(-c4ccc(CC)cc4)c3)c3cc(-c4ccc(CC)cc4)cc(-c4ccc(CC)cc4)c3)c2)cc1. The molecule has 0 heterocycles. The summed E-state index contributed by atoms with van der Waals surface area (Å²) in [5, 5.41) is 3.46. The quantitative estimate of drug-likeness (QED) is 0.0546. The standard InChI is InChI=1S/C66H63ClSi/c1-7-46-13-25-52(26-14-46)58-37-59(53-27-15-47(8-2)16-28-53)41-64(40-58)68(67,65-42-60(54-29-17-48(9-3)18-30-54)38-61(43-65)55-31-19-49(10-4)20-32-55)66-44-62(56-33-21-50(11-5)22-34-56)39-63(45-66)57-35-23-51(12-6)24-36-57/h13-45H,7-12H2,1-6H3. The molecule has 0 saturated heterocycles. The molecule has 9 rings (SSSR count). The molecule has 0 unspecified atom stereocenters. The highest BCUT2D eigenvalue weighted by Gasteiger charge is 2.40. The highest BCUT2D eigenvalue weighted by Crippen LogP contribution is 2.34. The van der Waals surface area contributed by atoms with Crippen LogP contribution in [0.1, 0.15) is 74.9 Å². The van der Waals surface area contributed by atoms with Crippen LogP contribution < -0.4 is 15.6 Å². The van der Waals surface area contributed by atoms with Gasteiger partial charge in [-0.25, -0.2) is 0 Å². The molecule has 0 N–H and O–H groups in total. The summed E-state index contributed by atoms with van der Waals surface area (Å²) in [5.41, 5.74) is 22.1. The molecule has 0 bridgehead atoms. The molecule has 0 fully saturated rings. The number of rotatable bonds is 15. The van der Waals surface area contributed by atoms with Gasteiger partial charge >= 0.3 is 0 Å². The Kier molecular flexibility index (Phi) is 14.2. The molecule has 0 radical (unpaired) electrons. The minimum Gasteiger partial charge on any atom is -0.149 e. The summed E-state index contributed by atoms with van der Waals surface area (Å²) in [6.45, 7) is 13.3. The van der Waals surface area contributed by atoms with Crippen molar-refractivity contribution < 1.29 is 0 Å². The zero-order valence-electron chi connectivity index (χ0n) is 40.7. The first-order chi connectivity index (χ1) is 33.2. The van der Waals surface area contributed by atoms with Crippen molar-refractivity contribution in [2.75, 3.05) is 0 Å². The summed E-state index contributed by atoms with van der Waals surface area (Å²) >= 11 is 9.10. The lowest BCUT2D eigenvalue weighted by Gasteiger charge is -2.30. The lowest BCUT2D eigenvalue weighted by molar-refractivity contribution is 1.14. The third kappa shape index (κ3) is 9.88. The van der Waals surface area contributed by atoms with Gasteiger partial charge in [-0.2, -0.15) is 0 Å². The molecule has 9 aromatic rings. The second-order valence-corrected chi connectivity index (χ2v) is 23.1. The molecule has 338 valence electrons. The topological polar surface area (TPSA) is 0 Å². The van der Waals surface area contributed by atoms with Crippen molar-refractivity contribution in [1.29, 1.82) is 0 Å². The van der Waals surface area contributed by atoms with Gasteiger partial charge in [0.15, 0.2) is 0 Å². The highest BCUT2D eigenvalue weighted by atomic mass is 35.6. The number of halogens is 1. The normalized spacial score (nSPS) is 11.5. The molecule has 0 aliphatic rings. The van der Waals surface area contributed by atoms with Crippen molar-refractivity contribution in [3.8, 4) is 66.8 Å². The molecule has 2 heteroatoms. The van der Waals surface area contributed by atoms with Crippen molar-refractivity contribution in [2.45, 2.75) is 80.1 Å². The van der Waals surface area contributed by atoms with E-state index in [-0.39, 0.29) is 0 Å². The minimum absolute atomic E-state index is 0.995. The Labute approximate surface area is 412 Å². The molecule has 0 atom stereocenters. The summed E-state index contributed by atoms with van der Waals surface area (Å²) in [7, 11) is -3.50. The van der Waals surface area contributed by atoms with Crippen LogP contribution in [0.15, 0.2) is 200 Å². The van der Waals surface area contributed by atoms with E-state index in [1.54, 1.807) is 0 Å².